The van der Waals surface area contributed by atoms with Gasteiger partial charge in [0, 0.05) is 0 Å². The molecule has 0 radical (unpaired) electrons. The Morgan fingerprint density at radius 3 is 2.24 bits per heavy atom. The number of hydrogen-bond acceptors (Lipinski definition) is 3. The minimum Gasteiger partial charge on any atom is -0.542 e. The summed E-state index contributed by atoms with van der Waals surface area (Å²) in [6.45, 7) is 7.78. The molecule has 0 bridgehead atoms. The van der Waals surface area contributed by atoms with E-state index in [-0.39, 0.29) is 6.09 Å². The molecule has 0 aliphatic carbocycles. The third kappa shape index (κ3) is 7.87. The van der Waals surface area contributed by atoms with E-state index < -0.39 is 12.1 Å². The Labute approximate surface area is 122 Å². The summed E-state index contributed by atoms with van der Waals surface area (Å²) < 4.78 is 47.1. The maximum absolute atomic E-state index is 13.7. The van der Waals surface area contributed by atoms with Crippen LogP contribution in [0.4, 0.5) is 17.6 Å². The second kappa shape index (κ2) is 9.57. The molecular weight excluding hydrogens is 292 g/mol. The maximum atomic E-state index is 13.7. The van der Waals surface area contributed by atoms with E-state index in [4.69, 9.17) is 9.90 Å². The number of carbonyl (C=O) groups excluding carboxylic acids is 1. The molecule has 1 aliphatic rings. The third-order valence-electron chi connectivity index (χ3n) is 2.96. The van der Waals surface area contributed by atoms with Crippen molar-refractivity contribution >= 4 is 12.1 Å². The highest BCUT2D eigenvalue weighted by Crippen LogP contribution is 2.11. The van der Waals surface area contributed by atoms with E-state index in [0.29, 0.717) is 0 Å². The summed E-state index contributed by atoms with van der Waals surface area (Å²) in [5, 5.41) is 8.78. The zero-order valence-electron chi connectivity index (χ0n) is 12.4. The number of hydrogen-bond donors (Lipinski definition) is 0. The van der Waals surface area contributed by atoms with Gasteiger partial charge >= 0.3 is 12.3 Å². The van der Waals surface area contributed by atoms with Gasteiger partial charge in [0.2, 0.25) is 0 Å². The zero-order valence-corrected chi connectivity index (χ0v) is 12.4. The van der Waals surface area contributed by atoms with E-state index >= 15 is 0 Å². The summed E-state index contributed by atoms with van der Waals surface area (Å²) in [6.07, 6.45) is -0.728. The molecule has 0 aromatic carbocycles. The highest BCUT2D eigenvalue weighted by molar-refractivity contribution is 5.70. The molecule has 0 unspecified atom stereocenters. The lowest BCUT2D eigenvalue weighted by atomic mass is 10.3. The Morgan fingerprint density at radius 2 is 1.81 bits per heavy atom. The minimum absolute atomic E-state index is 0.00639. The summed E-state index contributed by atoms with van der Waals surface area (Å²) in [4.78, 5) is 10.7. The van der Waals surface area contributed by atoms with Crippen LogP contribution in [0.5, 0.6) is 0 Å². The summed E-state index contributed by atoms with van der Waals surface area (Å²) in [7, 11) is 0. The second-order valence-corrected chi connectivity index (χ2v) is 4.74. The first-order chi connectivity index (χ1) is 9.73. The molecule has 0 saturated heterocycles. The van der Waals surface area contributed by atoms with Crippen LogP contribution >= 0.6 is 0 Å². The van der Waals surface area contributed by atoms with Gasteiger partial charge in [-0.1, -0.05) is 26.7 Å². The predicted octanol–water partition coefficient (Wildman–Crippen LogP) is 1.54. The number of aliphatic carboxylic acids is 1. The number of carboxylic acids is 1. The Hall–Kier alpha value is -1.34. The minimum atomic E-state index is -5.19. The predicted molar refractivity (Wildman–Crippen MR) is 68.6 cm³/mol. The molecular formula is C13H22F4N2O2. The average Bonchev–Trinajstić information content (AvgIpc) is 2.74. The van der Waals surface area contributed by atoms with Crippen molar-refractivity contribution in [1.82, 2.24) is 4.90 Å². The van der Waals surface area contributed by atoms with Crippen molar-refractivity contribution < 1.29 is 32.0 Å². The van der Waals surface area contributed by atoms with Gasteiger partial charge in [-0.15, -0.1) is 4.39 Å². The smallest absolute Gasteiger partial charge is 0.436 e. The van der Waals surface area contributed by atoms with Crippen molar-refractivity contribution in [3.8, 4) is 0 Å². The number of amidine groups is 1. The monoisotopic (exact) mass is 314 g/mol. The molecule has 0 aromatic rings. The number of rotatable bonds is 6. The van der Waals surface area contributed by atoms with Crippen LogP contribution in [0, 0.1) is 0 Å². The first kappa shape index (κ1) is 19.7. The van der Waals surface area contributed by atoms with Gasteiger partial charge in [0.15, 0.2) is 0 Å². The van der Waals surface area contributed by atoms with Crippen LogP contribution in [0.2, 0.25) is 0 Å². The van der Waals surface area contributed by atoms with Crippen molar-refractivity contribution in [2.45, 2.75) is 45.7 Å². The lowest BCUT2D eigenvalue weighted by molar-refractivity contribution is -0.523. The number of alkyl halides is 3. The Kier molecular flexibility index (Phi) is 8.96. The lowest BCUT2D eigenvalue weighted by Gasteiger charge is -2.05. The van der Waals surface area contributed by atoms with Gasteiger partial charge in [-0.25, -0.2) is 9.48 Å². The Bertz CT molecular complexity index is 357. The number of unbranched alkanes of at least 4 members (excludes halogenated alkanes) is 2. The molecule has 0 saturated carbocycles. The van der Waals surface area contributed by atoms with Crippen molar-refractivity contribution in [1.29, 1.82) is 0 Å². The van der Waals surface area contributed by atoms with Crippen molar-refractivity contribution in [3.63, 3.8) is 0 Å². The van der Waals surface area contributed by atoms with Crippen LogP contribution in [0.1, 0.15) is 39.5 Å². The van der Waals surface area contributed by atoms with Crippen molar-refractivity contribution in [2.24, 2.45) is 0 Å². The third-order valence-corrected chi connectivity index (χ3v) is 2.96. The molecule has 1 aliphatic heterocycles. The molecule has 1 rings (SSSR count). The summed E-state index contributed by atoms with van der Waals surface area (Å²) in [5.41, 5.74) is 0. The quantitative estimate of drug-likeness (QED) is 0.424. The summed E-state index contributed by atoms with van der Waals surface area (Å²) in [6, 6.07) is 0. The first-order valence-electron chi connectivity index (χ1n) is 7.04. The SMILES string of the molecule is CCCCN1CC[N+](CCCC)=C1F.O=C([O-])C(F)(F)F. The van der Waals surface area contributed by atoms with E-state index in [1.165, 1.54) is 0 Å². The van der Waals surface area contributed by atoms with Crippen molar-refractivity contribution in [2.75, 3.05) is 26.2 Å². The lowest BCUT2D eigenvalue weighted by Crippen LogP contribution is -2.37. The van der Waals surface area contributed by atoms with Crippen LogP contribution in [-0.2, 0) is 4.79 Å². The average molecular weight is 314 g/mol. The van der Waals surface area contributed by atoms with Crippen molar-refractivity contribution in [3.05, 3.63) is 0 Å². The Morgan fingerprint density at radius 1 is 1.29 bits per heavy atom. The number of carboxylic acid groups (broad SMARTS) is 1. The molecule has 0 fully saturated rings. The van der Waals surface area contributed by atoms with E-state index in [2.05, 4.69) is 13.8 Å². The van der Waals surface area contributed by atoms with Gasteiger partial charge in [-0.3, -0.25) is 0 Å². The Balaban J connectivity index is 0.000000486. The van der Waals surface area contributed by atoms with E-state index in [0.717, 1.165) is 51.9 Å². The molecule has 0 N–H and O–H groups in total. The molecule has 124 valence electrons. The summed E-state index contributed by atoms with van der Waals surface area (Å²) in [5.74, 6) is -3.01. The molecule has 0 atom stereocenters. The van der Waals surface area contributed by atoms with Gasteiger partial charge in [-0.05, 0) is 12.8 Å². The van der Waals surface area contributed by atoms with Gasteiger partial charge < -0.3 is 9.90 Å². The van der Waals surface area contributed by atoms with Crippen LogP contribution in [0.25, 0.3) is 0 Å². The van der Waals surface area contributed by atoms with E-state index in [9.17, 15) is 17.6 Å². The van der Waals surface area contributed by atoms with Crippen LogP contribution in [0.15, 0.2) is 0 Å². The molecule has 0 spiro atoms. The van der Waals surface area contributed by atoms with Gasteiger partial charge in [0.25, 0.3) is 0 Å². The maximum Gasteiger partial charge on any atom is 0.436 e. The van der Waals surface area contributed by atoms with E-state index in [1.54, 1.807) is 0 Å². The van der Waals surface area contributed by atoms with Crippen LogP contribution in [0.3, 0.4) is 0 Å². The zero-order chi connectivity index (χ0) is 16.5. The van der Waals surface area contributed by atoms with Gasteiger partial charge in [0.05, 0.1) is 13.1 Å². The topological polar surface area (TPSA) is 46.4 Å². The van der Waals surface area contributed by atoms with Crippen LogP contribution in [-0.4, -0.2) is 53.9 Å². The highest BCUT2D eigenvalue weighted by Gasteiger charge is 2.29. The molecule has 1 heterocycles. The fourth-order valence-corrected chi connectivity index (χ4v) is 1.73. The van der Waals surface area contributed by atoms with Crippen LogP contribution < -0.4 is 5.11 Å². The standard InChI is InChI=1S/C11H22FN2.C2HF3O2/c1-3-5-7-13-9-10-14(11(13)12)8-6-4-2;3-2(4,5)1(6)7/h3-10H2,1-2H3;(H,6,7)/q+1;/p-1. The fourth-order valence-electron chi connectivity index (χ4n) is 1.73. The van der Waals surface area contributed by atoms with Gasteiger partial charge in [0.1, 0.15) is 19.1 Å². The normalized spacial score (nSPS) is 15.0. The fraction of sp³-hybridized carbons (Fsp3) is 0.846. The first-order valence-corrected chi connectivity index (χ1v) is 7.04. The number of carbonyl (C=O) groups is 1. The largest absolute Gasteiger partial charge is 0.542 e. The highest BCUT2D eigenvalue weighted by atomic mass is 19.4. The second-order valence-electron chi connectivity index (χ2n) is 4.74. The molecule has 0 aromatic heterocycles. The number of nitrogens with zero attached hydrogens (tertiary/aromatic N) is 2. The molecule has 21 heavy (non-hydrogen) atoms. The van der Waals surface area contributed by atoms with Gasteiger partial charge in [-0.2, -0.15) is 13.2 Å². The molecule has 0 amide bonds. The summed E-state index contributed by atoms with van der Waals surface area (Å²) >= 11 is 0. The molecule has 4 nitrogen and oxygen atoms in total. The van der Waals surface area contributed by atoms with E-state index in [1.807, 2.05) is 9.48 Å². The molecule has 8 heteroatoms. The number of halogens is 4.